The number of para-hydroxylation sites is 1. The molecule has 0 saturated carbocycles. The van der Waals surface area contributed by atoms with Gasteiger partial charge in [0.1, 0.15) is 11.9 Å². The number of hydrogen-bond donors (Lipinski definition) is 3. The molecule has 1 aromatic heterocycles. The highest BCUT2D eigenvalue weighted by Crippen LogP contribution is 2.25. The molecule has 0 radical (unpaired) electrons. The number of benzene rings is 1. The second-order valence-electron chi connectivity index (χ2n) is 4.35. The minimum absolute atomic E-state index is 0.00284. The zero-order chi connectivity index (χ0) is 15.1. The molecule has 4 N–H and O–H groups in total. The number of ether oxygens (including phenoxy) is 1. The van der Waals surface area contributed by atoms with Gasteiger partial charge in [-0.05, 0) is 28.1 Å². The molecule has 0 bridgehead atoms. The summed E-state index contributed by atoms with van der Waals surface area (Å²) in [7, 11) is 0. The van der Waals surface area contributed by atoms with E-state index in [0.29, 0.717) is 18.8 Å². The molecule has 5 nitrogen and oxygen atoms in total. The maximum Gasteiger partial charge on any atom is 0.207 e. The summed E-state index contributed by atoms with van der Waals surface area (Å²) in [5.41, 5.74) is 0.981. The Kier molecular flexibility index (Phi) is 6.62. The molecule has 0 fully saturated rings. The summed E-state index contributed by atoms with van der Waals surface area (Å²) >= 11 is 4.91. The zero-order valence-corrected chi connectivity index (χ0v) is 13.7. The van der Waals surface area contributed by atoms with Crippen LogP contribution in [0.15, 0.2) is 40.2 Å². The van der Waals surface area contributed by atoms with Crippen molar-refractivity contribution in [2.75, 3.05) is 13.3 Å². The summed E-state index contributed by atoms with van der Waals surface area (Å²) in [6, 6.07) is 9.54. The Morgan fingerprint density at radius 2 is 2.19 bits per heavy atom. The van der Waals surface area contributed by atoms with Crippen LogP contribution in [-0.4, -0.2) is 18.4 Å². The van der Waals surface area contributed by atoms with Crippen molar-refractivity contribution in [2.24, 2.45) is 5.90 Å². The number of aliphatic hydroxyl groups is 1. The van der Waals surface area contributed by atoms with E-state index in [4.69, 9.17) is 10.6 Å². The number of thiophene rings is 1. The van der Waals surface area contributed by atoms with Crippen molar-refractivity contribution in [1.29, 1.82) is 0 Å². The predicted octanol–water partition coefficient (Wildman–Crippen LogP) is 2.56. The average Bonchev–Trinajstić information content (AvgIpc) is 2.93. The molecular weight excluding hydrogens is 356 g/mol. The Balaban J connectivity index is 1.85. The van der Waals surface area contributed by atoms with Crippen LogP contribution < -0.4 is 16.0 Å². The van der Waals surface area contributed by atoms with E-state index >= 15 is 0 Å². The minimum atomic E-state index is -0.526. The molecule has 7 heteroatoms. The molecule has 1 heterocycles. The SMILES string of the molecule is NOCOc1ccccc1CNC[C@H](O)c1cc(Br)cs1. The van der Waals surface area contributed by atoms with Crippen molar-refractivity contribution in [1.82, 2.24) is 5.32 Å². The summed E-state index contributed by atoms with van der Waals surface area (Å²) in [4.78, 5) is 5.34. The van der Waals surface area contributed by atoms with E-state index in [9.17, 15) is 5.11 Å². The maximum absolute atomic E-state index is 10.1. The van der Waals surface area contributed by atoms with Gasteiger partial charge in [0.05, 0.1) is 0 Å². The molecule has 1 atom stereocenters. The monoisotopic (exact) mass is 372 g/mol. The fourth-order valence-corrected chi connectivity index (χ4v) is 3.27. The van der Waals surface area contributed by atoms with Crippen LogP contribution in [-0.2, 0) is 11.4 Å². The van der Waals surface area contributed by atoms with Gasteiger partial charge in [-0.3, -0.25) is 4.84 Å². The number of rotatable bonds is 8. The Labute approximate surface area is 135 Å². The maximum atomic E-state index is 10.1. The van der Waals surface area contributed by atoms with Crippen molar-refractivity contribution >= 4 is 27.3 Å². The summed E-state index contributed by atoms with van der Waals surface area (Å²) < 4.78 is 6.37. The molecule has 1 aromatic carbocycles. The van der Waals surface area contributed by atoms with Gasteiger partial charge < -0.3 is 15.2 Å². The molecule has 0 aliphatic heterocycles. The molecule has 2 aromatic rings. The van der Waals surface area contributed by atoms with Crippen molar-refractivity contribution < 1.29 is 14.7 Å². The van der Waals surface area contributed by atoms with E-state index in [1.165, 1.54) is 11.3 Å². The quantitative estimate of drug-likeness (QED) is 0.490. The van der Waals surface area contributed by atoms with Crippen LogP contribution in [0.25, 0.3) is 0 Å². The van der Waals surface area contributed by atoms with Crippen LogP contribution in [0.1, 0.15) is 16.5 Å². The first kappa shape index (κ1) is 16.4. The van der Waals surface area contributed by atoms with Gasteiger partial charge in [-0.2, -0.15) is 0 Å². The number of nitrogens with two attached hydrogens (primary N) is 1. The zero-order valence-electron chi connectivity index (χ0n) is 11.3. The number of halogens is 1. The third-order valence-corrected chi connectivity index (χ3v) is 4.62. The second kappa shape index (κ2) is 8.47. The van der Waals surface area contributed by atoms with Gasteiger partial charge >= 0.3 is 0 Å². The first-order valence-electron chi connectivity index (χ1n) is 6.36. The van der Waals surface area contributed by atoms with Crippen LogP contribution in [0.2, 0.25) is 0 Å². The van der Waals surface area contributed by atoms with Gasteiger partial charge in [-0.15, -0.1) is 11.3 Å². The lowest BCUT2D eigenvalue weighted by Crippen LogP contribution is -2.21. The van der Waals surface area contributed by atoms with E-state index < -0.39 is 6.10 Å². The minimum Gasteiger partial charge on any atom is -0.466 e. The summed E-state index contributed by atoms with van der Waals surface area (Å²) in [6.45, 7) is 1.06. The lowest BCUT2D eigenvalue weighted by atomic mass is 10.2. The van der Waals surface area contributed by atoms with Crippen LogP contribution in [0.4, 0.5) is 0 Å². The third-order valence-electron chi connectivity index (χ3n) is 2.82. The highest BCUT2D eigenvalue weighted by atomic mass is 79.9. The topological polar surface area (TPSA) is 76.7 Å². The smallest absolute Gasteiger partial charge is 0.207 e. The lowest BCUT2D eigenvalue weighted by Gasteiger charge is -2.13. The first-order chi connectivity index (χ1) is 10.2. The number of hydrogen-bond acceptors (Lipinski definition) is 6. The molecule has 114 valence electrons. The van der Waals surface area contributed by atoms with Crippen molar-refractivity contribution in [3.8, 4) is 5.75 Å². The van der Waals surface area contributed by atoms with E-state index in [-0.39, 0.29) is 6.79 Å². The van der Waals surface area contributed by atoms with Crippen molar-refractivity contribution in [2.45, 2.75) is 12.6 Å². The van der Waals surface area contributed by atoms with Crippen LogP contribution in [0, 0.1) is 0 Å². The highest BCUT2D eigenvalue weighted by molar-refractivity contribution is 9.10. The van der Waals surface area contributed by atoms with E-state index in [1.807, 2.05) is 35.7 Å². The Bertz CT molecular complexity index is 565. The lowest BCUT2D eigenvalue weighted by molar-refractivity contribution is 0.0138. The first-order valence-corrected chi connectivity index (χ1v) is 8.03. The third kappa shape index (κ3) is 5.06. The van der Waals surface area contributed by atoms with Gasteiger partial charge in [-0.1, -0.05) is 18.2 Å². The Morgan fingerprint density at radius 1 is 1.38 bits per heavy atom. The fraction of sp³-hybridized carbons (Fsp3) is 0.286. The molecule has 0 saturated heterocycles. The predicted molar refractivity (Wildman–Crippen MR) is 85.9 cm³/mol. The Morgan fingerprint density at radius 3 is 2.90 bits per heavy atom. The van der Waals surface area contributed by atoms with Crippen LogP contribution >= 0.6 is 27.3 Å². The van der Waals surface area contributed by atoms with Gasteiger partial charge in [0.2, 0.25) is 6.79 Å². The summed E-state index contributed by atoms with van der Waals surface area (Å²) in [6.07, 6.45) is -0.526. The number of aliphatic hydroxyl groups excluding tert-OH is 1. The second-order valence-corrected chi connectivity index (χ2v) is 6.21. The Hall–Kier alpha value is -0.960. The van der Waals surface area contributed by atoms with Crippen LogP contribution in [0.3, 0.4) is 0 Å². The largest absolute Gasteiger partial charge is 0.466 e. The molecule has 0 aliphatic carbocycles. The summed E-state index contributed by atoms with van der Waals surface area (Å²) in [5, 5.41) is 15.3. The molecule has 0 unspecified atom stereocenters. The van der Waals surface area contributed by atoms with Gasteiger partial charge in [0.15, 0.2) is 0 Å². The summed E-state index contributed by atoms with van der Waals surface area (Å²) in [5.74, 6) is 5.67. The average molecular weight is 373 g/mol. The molecule has 0 spiro atoms. The van der Waals surface area contributed by atoms with E-state index in [0.717, 1.165) is 14.9 Å². The molecule has 0 aliphatic rings. The standard InChI is InChI=1S/C14H17BrN2O3S/c15-11-5-14(21-8-11)12(18)7-17-6-10-3-1-2-4-13(10)19-9-20-16/h1-5,8,12,17-18H,6-7,9,16H2/t12-/m0/s1. The number of nitrogens with one attached hydrogen (secondary N) is 1. The molecule has 21 heavy (non-hydrogen) atoms. The van der Waals surface area contributed by atoms with Gasteiger partial charge in [0.25, 0.3) is 0 Å². The molecular formula is C14H17BrN2O3S. The van der Waals surface area contributed by atoms with E-state index in [1.54, 1.807) is 0 Å². The molecule has 0 amide bonds. The normalized spacial score (nSPS) is 12.3. The van der Waals surface area contributed by atoms with E-state index in [2.05, 4.69) is 26.1 Å². The molecule has 2 rings (SSSR count). The highest BCUT2D eigenvalue weighted by Gasteiger charge is 2.10. The van der Waals surface area contributed by atoms with Crippen molar-refractivity contribution in [3.05, 3.63) is 50.6 Å². The van der Waals surface area contributed by atoms with Gasteiger partial charge in [-0.25, -0.2) is 5.90 Å². The fourth-order valence-electron chi connectivity index (χ4n) is 1.84. The van der Waals surface area contributed by atoms with Crippen molar-refractivity contribution in [3.63, 3.8) is 0 Å². The van der Waals surface area contributed by atoms with Gasteiger partial charge in [0, 0.05) is 33.4 Å². The van der Waals surface area contributed by atoms with Crippen LogP contribution in [0.5, 0.6) is 5.75 Å².